The molecule has 166 valence electrons. The molecule has 1 aromatic carbocycles. The van der Waals surface area contributed by atoms with E-state index in [0.29, 0.717) is 24.5 Å². The molecule has 0 N–H and O–H groups in total. The van der Waals surface area contributed by atoms with Gasteiger partial charge in [-0.1, -0.05) is 39.0 Å². The number of aryl methyl sites for hydroxylation is 1. The van der Waals surface area contributed by atoms with Gasteiger partial charge < -0.3 is 9.47 Å². The van der Waals surface area contributed by atoms with Crippen molar-refractivity contribution in [3.63, 3.8) is 0 Å². The minimum Gasteiger partial charge on any atom is -0.342 e. The number of hydrogen-bond acceptors (Lipinski definition) is 4. The van der Waals surface area contributed by atoms with E-state index in [1.165, 1.54) is 4.90 Å². The molecule has 1 fully saturated rings. The summed E-state index contributed by atoms with van der Waals surface area (Å²) in [5, 5.41) is 0.766. The van der Waals surface area contributed by atoms with Crippen LogP contribution in [0.1, 0.15) is 45.7 Å². The molecule has 2 heterocycles. The number of para-hydroxylation sites is 1. The van der Waals surface area contributed by atoms with Gasteiger partial charge in [0.15, 0.2) is 0 Å². The number of benzene rings is 1. The van der Waals surface area contributed by atoms with Gasteiger partial charge in [0.25, 0.3) is 11.1 Å². The summed E-state index contributed by atoms with van der Waals surface area (Å²) in [7, 11) is 0. The first-order valence-corrected chi connectivity index (χ1v) is 11.8. The van der Waals surface area contributed by atoms with Gasteiger partial charge in [0, 0.05) is 36.8 Å². The molecule has 1 aromatic heterocycles. The fraction of sp³-hybridized carbons (Fsp3) is 0.458. The second-order valence-corrected chi connectivity index (χ2v) is 9.12. The van der Waals surface area contributed by atoms with E-state index < -0.39 is 0 Å². The Balaban J connectivity index is 2.04. The molecule has 0 radical (unpaired) electrons. The van der Waals surface area contributed by atoms with Gasteiger partial charge in [0.05, 0.1) is 10.4 Å². The summed E-state index contributed by atoms with van der Waals surface area (Å²) in [6.45, 7) is 12.0. The number of aromatic nitrogens is 1. The molecule has 7 heteroatoms. The lowest BCUT2D eigenvalue weighted by Gasteiger charge is -2.19. The molecule has 31 heavy (non-hydrogen) atoms. The van der Waals surface area contributed by atoms with Crippen molar-refractivity contribution >= 4 is 45.8 Å². The number of rotatable bonds is 8. The van der Waals surface area contributed by atoms with Gasteiger partial charge in [-0.15, -0.1) is 0 Å². The highest BCUT2D eigenvalue weighted by Gasteiger charge is 2.35. The Labute approximate surface area is 188 Å². The van der Waals surface area contributed by atoms with E-state index >= 15 is 0 Å². The first-order chi connectivity index (χ1) is 14.8. The normalized spacial score (nSPS) is 15.7. The molecule has 0 unspecified atom stereocenters. The van der Waals surface area contributed by atoms with E-state index in [1.54, 1.807) is 6.08 Å². The Morgan fingerprint density at radius 3 is 2.48 bits per heavy atom. The molecule has 0 bridgehead atoms. The van der Waals surface area contributed by atoms with Crippen LogP contribution in [0.15, 0.2) is 29.3 Å². The monoisotopic (exact) mass is 441 g/mol. The molecule has 0 saturated carbocycles. The van der Waals surface area contributed by atoms with Crippen LogP contribution in [-0.2, 0) is 22.6 Å². The van der Waals surface area contributed by atoms with Gasteiger partial charge in [-0.3, -0.25) is 19.3 Å². The van der Waals surface area contributed by atoms with Crippen molar-refractivity contribution in [2.45, 2.75) is 47.6 Å². The summed E-state index contributed by atoms with van der Waals surface area (Å²) in [6, 6.07) is 6.08. The molecule has 3 rings (SSSR count). The zero-order chi connectivity index (χ0) is 22.7. The Hall–Kier alpha value is -2.54. The standard InChI is InChI=1S/C24H31N3O3S/c1-6-17-10-9-11-19-18(12-20-23(29)27(13-16(4)5)24(30)31-20)14-26(22(17)19)15-21(28)25(7-2)8-3/h9-12,14,16H,6-8,13,15H2,1-5H3/b20-12-. The number of hydrogen-bond donors (Lipinski definition) is 0. The van der Waals surface area contributed by atoms with Gasteiger partial charge in [0.2, 0.25) is 5.91 Å². The lowest BCUT2D eigenvalue weighted by atomic mass is 10.1. The van der Waals surface area contributed by atoms with E-state index in [4.69, 9.17) is 0 Å². The Morgan fingerprint density at radius 1 is 1.16 bits per heavy atom. The summed E-state index contributed by atoms with van der Waals surface area (Å²) in [4.78, 5) is 41.5. The summed E-state index contributed by atoms with van der Waals surface area (Å²) in [5.74, 6) is 0.0417. The van der Waals surface area contributed by atoms with Gasteiger partial charge in [0.1, 0.15) is 6.54 Å². The van der Waals surface area contributed by atoms with E-state index in [1.807, 2.05) is 55.5 Å². The average molecular weight is 442 g/mol. The van der Waals surface area contributed by atoms with Gasteiger partial charge in [-0.25, -0.2) is 0 Å². The highest BCUT2D eigenvalue weighted by Crippen LogP contribution is 2.35. The maximum atomic E-state index is 12.8. The molecule has 0 spiro atoms. The fourth-order valence-electron chi connectivity index (χ4n) is 3.98. The third-order valence-corrected chi connectivity index (χ3v) is 6.43. The number of carbonyl (C=O) groups is 3. The lowest BCUT2D eigenvalue weighted by Crippen LogP contribution is -2.33. The number of likely N-dealkylation sites (N-methyl/N-ethyl adjacent to an activating group) is 1. The summed E-state index contributed by atoms with van der Waals surface area (Å²) >= 11 is 0.987. The SMILES string of the molecule is CCc1cccc2c(/C=C3\SC(=O)N(CC(C)C)C3=O)cn(CC(=O)N(CC)CC)c12. The number of thioether (sulfide) groups is 1. The van der Waals surface area contributed by atoms with Crippen LogP contribution < -0.4 is 0 Å². The van der Waals surface area contributed by atoms with Crippen molar-refractivity contribution in [1.82, 2.24) is 14.4 Å². The van der Waals surface area contributed by atoms with Gasteiger partial charge >= 0.3 is 0 Å². The molecular formula is C24H31N3O3S. The van der Waals surface area contributed by atoms with Crippen LogP contribution in [0.5, 0.6) is 0 Å². The largest absolute Gasteiger partial charge is 0.342 e. The minimum absolute atomic E-state index is 0.0663. The maximum absolute atomic E-state index is 12.8. The molecule has 0 aliphatic carbocycles. The molecule has 0 atom stereocenters. The molecule has 6 nitrogen and oxygen atoms in total. The molecule has 1 aliphatic heterocycles. The first-order valence-electron chi connectivity index (χ1n) is 10.9. The van der Waals surface area contributed by atoms with Crippen LogP contribution >= 0.6 is 11.8 Å². The van der Waals surface area contributed by atoms with Gasteiger partial charge in [-0.2, -0.15) is 0 Å². The number of nitrogens with zero attached hydrogens (tertiary/aromatic N) is 3. The number of amides is 3. The predicted molar refractivity (Wildman–Crippen MR) is 127 cm³/mol. The highest BCUT2D eigenvalue weighted by molar-refractivity contribution is 8.18. The average Bonchev–Trinajstić information content (AvgIpc) is 3.21. The van der Waals surface area contributed by atoms with Crippen molar-refractivity contribution in [2.75, 3.05) is 19.6 Å². The Morgan fingerprint density at radius 2 is 1.87 bits per heavy atom. The fourth-order valence-corrected chi connectivity index (χ4v) is 4.82. The van der Waals surface area contributed by atoms with E-state index in [0.717, 1.165) is 40.2 Å². The van der Waals surface area contributed by atoms with E-state index in [2.05, 4.69) is 13.0 Å². The van der Waals surface area contributed by atoms with Crippen LogP contribution in [0.2, 0.25) is 0 Å². The summed E-state index contributed by atoms with van der Waals surface area (Å²) in [5.41, 5.74) is 3.02. The second-order valence-electron chi connectivity index (χ2n) is 8.13. The topological polar surface area (TPSA) is 62.6 Å². The number of fused-ring (bicyclic) bond motifs is 1. The third kappa shape index (κ3) is 4.71. The zero-order valence-electron chi connectivity index (χ0n) is 19.0. The third-order valence-electron chi connectivity index (χ3n) is 5.52. The zero-order valence-corrected chi connectivity index (χ0v) is 19.8. The van der Waals surface area contributed by atoms with Crippen LogP contribution in [0.3, 0.4) is 0 Å². The smallest absolute Gasteiger partial charge is 0.293 e. The van der Waals surface area contributed by atoms with Crippen molar-refractivity contribution in [1.29, 1.82) is 0 Å². The lowest BCUT2D eigenvalue weighted by molar-refractivity contribution is -0.131. The molecule has 1 saturated heterocycles. The van der Waals surface area contributed by atoms with Crippen molar-refractivity contribution in [2.24, 2.45) is 5.92 Å². The summed E-state index contributed by atoms with van der Waals surface area (Å²) in [6.07, 6.45) is 4.57. The van der Waals surface area contributed by atoms with Crippen LogP contribution in [0, 0.1) is 5.92 Å². The van der Waals surface area contributed by atoms with Crippen molar-refractivity contribution in [3.05, 3.63) is 40.4 Å². The van der Waals surface area contributed by atoms with Crippen molar-refractivity contribution < 1.29 is 14.4 Å². The highest BCUT2D eigenvalue weighted by atomic mass is 32.2. The van der Waals surface area contributed by atoms with E-state index in [-0.39, 0.29) is 29.5 Å². The Kier molecular flexibility index (Phi) is 7.26. The van der Waals surface area contributed by atoms with Crippen LogP contribution in [-0.4, -0.2) is 51.1 Å². The van der Waals surface area contributed by atoms with E-state index in [9.17, 15) is 14.4 Å². The molecule has 1 aliphatic rings. The Bertz CT molecular complexity index is 1030. The van der Waals surface area contributed by atoms with Crippen molar-refractivity contribution in [3.8, 4) is 0 Å². The molecule has 3 amide bonds. The first kappa shape index (κ1) is 23.1. The second kappa shape index (κ2) is 9.73. The summed E-state index contributed by atoms with van der Waals surface area (Å²) < 4.78 is 1.99. The molecular weight excluding hydrogens is 410 g/mol. The number of imide groups is 1. The minimum atomic E-state index is -0.240. The predicted octanol–water partition coefficient (Wildman–Crippen LogP) is 4.76. The quantitative estimate of drug-likeness (QED) is 0.554. The maximum Gasteiger partial charge on any atom is 0.293 e. The van der Waals surface area contributed by atoms with Crippen LogP contribution in [0.25, 0.3) is 17.0 Å². The number of carbonyl (C=O) groups excluding carboxylic acids is 3. The molecule has 2 aromatic rings. The van der Waals surface area contributed by atoms with Gasteiger partial charge in [-0.05, 0) is 49.6 Å². The van der Waals surface area contributed by atoms with Crippen LogP contribution in [0.4, 0.5) is 4.79 Å².